The lowest BCUT2D eigenvalue weighted by Crippen LogP contribution is -2.39. The number of aldehydes is 1. The highest BCUT2D eigenvalue weighted by molar-refractivity contribution is 7.80. The minimum absolute atomic E-state index is 0.00743. The number of thiocarbonyl (C=S) groups is 1. The molecule has 0 aliphatic rings. The SMILES string of the molecule is C[Si](C)(C)CCOCn1cc(Cl)c2c(Oc3c(F)cc(NC(=S)NC(C=O)CCO)cc3F)ccnc21. The van der Waals surface area contributed by atoms with Crippen LogP contribution in [0.25, 0.3) is 11.0 Å². The van der Waals surface area contributed by atoms with Gasteiger partial charge < -0.3 is 34.6 Å². The summed E-state index contributed by atoms with van der Waals surface area (Å²) in [4.78, 5) is 15.3. The molecule has 0 aliphatic carbocycles. The second kappa shape index (κ2) is 12.7. The number of aliphatic hydroxyl groups excluding tert-OH is 1. The van der Waals surface area contributed by atoms with Crippen LogP contribution in [-0.2, 0) is 16.3 Å². The van der Waals surface area contributed by atoms with Gasteiger partial charge in [-0.1, -0.05) is 31.2 Å². The highest BCUT2D eigenvalue weighted by Gasteiger charge is 2.20. The van der Waals surface area contributed by atoms with Crippen LogP contribution in [0.5, 0.6) is 11.5 Å². The number of carbonyl (C=O) groups excluding carboxylic acids is 1. The third-order valence-electron chi connectivity index (χ3n) is 5.29. The molecule has 3 N–H and O–H groups in total. The Morgan fingerprint density at radius 2 is 2.03 bits per heavy atom. The van der Waals surface area contributed by atoms with Crippen molar-refractivity contribution in [1.82, 2.24) is 14.9 Å². The van der Waals surface area contributed by atoms with Crippen LogP contribution in [0, 0.1) is 11.6 Å². The molecule has 1 aromatic carbocycles. The van der Waals surface area contributed by atoms with Crippen LogP contribution in [0.2, 0.25) is 30.7 Å². The van der Waals surface area contributed by atoms with Gasteiger partial charge in [-0.15, -0.1) is 0 Å². The summed E-state index contributed by atoms with van der Waals surface area (Å²) >= 11 is 11.5. The van der Waals surface area contributed by atoms with Crippen molar-refractivity contribution in [2.24, 2.45) is 0 Å². The number of nitrogens with one attached hydrogen (secondary N) is 2. The Labute approximate surface area is 224 Å². The molecule has 2 aromatic heterocycles. The van der Waals surface area contributed by atoms with E-state index in [1.165, 1.54) is 12.3 Å². The van der Waals surface area contributed by atoms with Crippen molar-refractivity contribution in [3.05, 3.63) is 47.2 Å². The maximum atomic E-state index is 14.9. The molecule has 0 saturated heterocycles. The smallest absolute Gasteiger partial charge is 0.198 e. The van der Waals surface area contributed by atoms with Crippen LogP contribution in [-0.4, -0.2) is 53.4 Å². The van der Waals surface area contributed by atoms with Crippen molar-refractivity contribution in [3.8, 4) is 11.5 Å². The van der Waals surface area contributed by atoms with Crippen LogP contribution in [0.3, 0.4) is 0 Å². The van der Waals surface area contributed by atoms with E-state index in [-0.39, 0.29) is 36.3 Å². The van der Waals surface area contributed by atoms with E-state index in [0.29, 0.717) is 28.9 Å². The van der Waals surface area contributed by atoms with E-state index in [1.54, 1.807) is 10.8 Å². The number of aliphatic hydroxyl groups is 1. The van der Waals surface area contributed by atoms with Crippen LogP contribution in [0.15, 0.2) is 30.6 Å². The molecule has 0 aliphatic heterocycles. The first-order chi connectivity index (χ1) is 17.5. The molecule has 2 heterocycles. The first-order valence-corrected chi connectivity index (χ1v) is 16.0. The van der Waals surface area contributed by atoms with Crippen LogP contribution in [0.4, 0.5) is 14.5 Å². The van der Waals surface area contributed by atoms with Gasteiger partial charge in [0.2, 0.25) is 0 Å². The molecule has 0 radical (unpaired) electrons. The summed E-state index contributed by atoms with van der Waals surface area (Å²) < 4.78 is 42.9. The van der Waals surface area contributed by atoms with Crippen LogP contribution >= 0.6 is 23.8 Å². The molecule has 0 spiro atoms. The van der Waals surface area contributed by atoms with Gasteiger partial charge in [-0.3, -0.25) is 0 Å². The maximum Gasteiger partial charge on any atom is 0.198 e. The Kier molecular flexibility index (Phi) is 9.96. The van der Waals surface area contributed by atoms with Crippen molar-refractivity contribution < 1.29 is 28.2 Å². The Bertz CT molecular complexity index is 1250. The summed E-state index contributed by atoms with van der Waals surface area (Å²) in [5, 5.41) is 14.9. The van der Waals surface area contributed by atoms with Gasteiger partial charge in [0.1, 0.15) is 24.4 Å². The zero-order valence-corrected chi connectivity index (χ0v) is 23.3. The topological polar surface area (TPSA) is 97.6 Å². The number of ether oxygens (including phenoxy) is 2. The highest BCUT2D eigenvalue weighted by Crippen LogP contribution is 2.37. The molecule has 3 rings (SSSR count). The molecule has 0 bridgehead atoms. The average molecular weight is 571 g/mol. The molecular weight excluding hydrogens is 542 g/mol. The molecule has 1 unspecified atom stereocenters. The van der Waals surface area contributed by atoms with E-state index in [4.69, 9.17) is 38.4 Å². The fourth-order valence-corrected chi connectivity index (χ4v) is 4.67. The Balaban J connectivity index is 1.77. The summed E-state index contributed by atoms with van der Waals surface area (Å²) in [6, 6.07) is 3.75. The predicted molar refractivity (Wildman–Crippen MR) is 146 cm³/mol. The van der Waals surface area contributed by atoms with E-state index in [2.05, 4.69) is 35.3 Å². The fourth-order valence-electron chi connectivity index (χ4n) is 3.35. The van der Waals surface area contributed by atoms with Gasteiger partial charge in [0.05, 0.1) is 16.5 Å². The quantitative estimate of drug-likeness (QED) is 0.117. The maximum absolute atomic E-state index is 14.9. The first-order valence-electron chi connectivity index (χ1n) is 11.5. The van der Waals surface area contributed by atoms with Crippen molar-refractivity contribution in [1.29, 1.82) is 0 Å². The number of aromatic nitrogens is 2. The summed E-state index contributed by atoms with van der Waals surface area (Å²) in [5.41, 5.74) is 0.465. The molecule has 0 fully saturated rings. The number of halogens is 3. The molecule has 1 atom stereocenters. The molecule has 8 nitrogen and oxygen atoms in total. The van der Waals surface area contributed by atoms with Crippen molar-refractivity contribution in [2.45, 2.75) is 44.9 Å². The van der Waals surface area contributed by atoms with Gasteiger partial charge in [0.25, 0.3) is 0 Å². The summed E-state index contributed by atoms with van der Waals surface area (Å²) in [5.74, 6) is -2.46. The normalized spacial score (nSPS) is 12.4. The molecule has 200 valence electrons. The lowest BCUT2D eigenvalue weighted by atomic mass is 10.2. The van der Waals surface area contributed by atoms with Crippen molar-refractivity contribution in [3.63, 3.8) is 0 Å². The summed E-state index contributed by atoms with van der Waals surface area (Å²) in [6.07, 6.45) is 3.81. The molecule has 0 saturated carbocycles. The number of fused-ring (bicyclic) bond motifs is 1. The first kappa shape index (κ1) is 28.9. The van der Waals surface area contributed by atoms with Crippen LogP contribution in [0.1, 0.15) is 6.42 Å². The van der Waals surface area contributed by atoms with Crippen molar-refractivity contribution in [2.75, 3.05) is 18.5 Å². The minimum Gasteiger partial charge on any atom is -0.450 e. The van der Waals surface area contributed by atoms with Gasteiger partial charge >= 0.3 is 0 Å². The second-order valence-electron chi connectivity index (χ2n) is 9.53. The molecule has 13 heteroatoms. The number of carbonyl (C=O) groups is 1. The third kappa shape index (κ3) is 7.92. The van der Waals surface area contributed by atoms with Crippen molar-refractivity contribution >= 4 is 60.0 Å². The second-order valence-corrected chi connectivity index (χ2v) is 16.0. The molecule has 0 amide bonds. The molecular formula is C24H29ClF2N4O4SSi. The molecule has 3 aromatic rings. The predicted octanol–water partition coefficient (Wildman–Crippen LogP) is 5.31. The van der Waals surface area contributed by atoms with Gasteiger partial charge in [-0.2, -0.15) is 0 Å². The van der Waals surface area contributed by atoms with Gasteiger partial charge in [-0.05, 0) is 30.7 Å². The average Bonchev–Trinajstić information content (AvgIpc) is 3.14. The Morgan fingerprint density at radius 3 is 2.65 bits per heavy atom. The van der Waals surface area contributed by atoms with Crippen LogP contribution < -0.4 is 15.4 Å². The van der Waals surface area contributed by atoms with Gasteiger partial charge in [-0.25, -0.2) is 13.8 Å². The zero-order valence-electron chi connectivity index (χ0n) is 20.7. The van der Waals surface area contributed by atoms with E-state index < -0.39 is 31.5 Å². The number of pyridine rings is 1. The number of hydrogen-bond donors (Lipinski definition) is 3. The summed E-state index contributed by atoms with van der Waals surface area (Å²) in [7, 11) is -1.24. The Hall–Kier alpha value is -2.64. The number of anilines is 1. The number of benzene rings is 1. The van der Waals surface area contributed by atoms with Gasteiger partial charge in [0, 0.05) is 51.5 Å². The molecule has 37 heavy (non-hydrogen) atoms. The monoisotopic (exact) mass is 570 g/mol. The highest BCUT2D eigenvalue weighted by atomic mass is 35.5. The van der Waals surface area contributed by atoms with E-state index in [0.717, 1.165) is 18.2 Å². The van der Waals surface area contributed by atoms with E-state index >= 15 is 0 Å². The number of hydrogen-bond acceptors (Lipinski definition) is 6. The third-order valence-corrected chi connectivity index (χ3v) is 7.50. The minimum atomic E-state index is -1.24. The van der Waals surface area contributed by atoms with E-state index in [1.807, 2.05) is 0 Å². The standard InChI is InChI=1S/C24H29ClF2N4O4SSi/c1-37(2,3)9-8-34-14-31-12-17(25)21-20(4-6-28-23(21)31)35-22-18(26)10-16(11-19(22)27)30-24(36)29-15(13-33)5-7-32/h4,6,10-13,15,32H,5,7-9,14H2,1-3H3,(H2,29,30,36). The largest absolute Gasteiger partial charge is 0.450 e. The Morgan fingerprint density at radius 1 is 1.32 bits per heavy atom. The van der Waals surface area contributed by atoms with E-state index in [9.17, 15) is 13.6 Å². The number of nitrogens with zero attached hydrogens (tertiary/aromatic N) is 2. The number of rotatable bonds is 12. The lowest BCUT2D eigenvalue weighted by Gasteiger charge is -2.16. The zero-order chi connectivity index (χ0) is 27.2. The fraction of sp³-hybridized carbons (Fsp3) is 0.375. The lowest BCUT2D eigenvalue weighted by molar-refractivity contribution is -0.109. The summed E-state index contributed by atoms with van der Waals surface area (Å²) in [6.45, 7) is 7.39. The van der Waals surface area contributed by atoms with Gasteiger partial charge in [0.15, 0.2) is 22.5 Å².